The van der Waals surface area contributed by atoms with Crippen molar-refractivity contribution in [3.63, 3.8) is 0 Å². The summed E-state index contributed by atoms with van der Waals surface area (Å²) in [6.07, 6.45) is 7.22. The molecule has 26 heavy (non-hydrogen) atoms. The van der Waals surface area contributed by atoms with Gasteiger partial charge in [0.2, 0.25) is 0 Å². The number of rotatable bonds is 6. The molecule has 0 radical (unpaired) electrons. The lowest BCUT2D eigenvalue weighted by molar-refractivity contribution is 0.583. The molecule has 0 N–H and O–H groups in total. The van der Waals surface area contributed by atoms with Gasteiger partial charge in [-0.1, -0.05) is 48.5 Å². The molecule has 1 atom stereocenters. The summed E-state index contributed by atoms with van der Waals surface area (Å²) in [5, 5.41) is 8.03. The Kier molecular flexibility index (Phi) is 5.40. The maximum absolute atomic E-state index is 12.7. The molecule has 1 heterocycles. The monoisotopic (exact) mass is 363 g/mol. The maximum Gasteiger partial charge on any atom is 0.179 e. The quantitative estimate of drug-likeness (QED) is 0.629. The highest BCUT2D eigenvalue weighted by Gasteiger charge is 2.24. The summed E-state index contributed by atoms with van der Waals surface area (Å²) < 4.78 is 25.4. The highest BCUT2D eigenvalue weighted by atomic mass is 32.2. The second kappa shape index (κ2) is 7.89. The van der Waals surface area contributed by atoms with Gasteiger partial charge in [0.15, 0.2) is 15.7 Å². The number of hydrogen-bond acceptors (Lipinski definition) is 5. The number of hydrogen-bond donors (Lipinski definition) is 0. The molecular weight excluding hydrogens is 346 g/mol. The molecule has 2 aromatic carbocycles. The molecule has 3 aromatic rings. The van der Waals surface area contributed by atoms with E-state index in [1.54, 1.807) is 36.5 Å². The third-order valence-electron chi connectivity index (χ3n) is 3.90. The zero-order chi connectivity index (χ0) is 18.4. The molecule has 1 unspecified atom stereocenters. The lowest BCUT2D eigenvalue weighted by Gasteiger charge is -2.14. The number of sulfone groups is 1. The maximum atomic E-state index is 12.7. The summed E-state index contributed by atoms with van der Waals surface area (Å²) in [7, 11) is -3.51. The summed E-state index contributed by atoms with van der Waals surface area (Å²) in [4.78, 5) is 4.76. The summed E-state index contributed by atoms with van der Waals surface area (Å²) in [6.45, 7) is 0. The molecule has 0 bridgehead atoms. The standard InChI is InChI=1S/C20H17N3O2S/c1-2-9-17(15-26(24,25)18-12-7-4-8-13-18)20-22-19(14-21-23-20)16-10-5-3-6-11-16/h1,3-8,10-14,17H,9,15H2. The summed E-state index contributed by atoms with van der Waals surface area (Å²) >= 11 is 0. The van der Waals surface area contributed by atoms with Gasteiger partial charge in [-0.3, -0.25) is 0 Å². The van der Waals surface area contributed by atoms with Gasteiger partial charge in [-0.25, -0.2) is 13.4 Å². The smallest absolute Gasteiger partial charge is 0.179 e. The third-order valence-corrected chi connectivity index (χ3v) is 5.73. The number of benzene rings is 2. The lowest BCUT2D eigenvalue weighted by Crippen LogP contribution is -2.18. The van der Waals surface area contributed by atoms with E-state index in [1.165, 1.54) is 0 Å². The summed E-state index contributed by atoms with van der Waals surface area (Å²) in [5.41, 5.74) is 1.52. The number of nitrogens with zero attached hydrogens (tertiary/aromatic N) is 3. The topological polar surface area (TPSA) is 72.8 Å². The van der Waals surface area contributed by atoms with Gasteiger partial charge in [0.05, 0.1) is 22.5 Å². The second-order valence-electron chi connectivity index (χ2n) is 5.77. The van der Waals surface area contributed by atoms with Crippen LogP contribution in [-0.4, -0.2) is 29.4 Å². The molecule has 0 aliphatic carbocycles. The van der Waals surface area contributed by atoms with E-state index in [4.69, 9.17) is 6.42 Å². The Morgan fingerprint density at radius 3 is 2.31 bits per heavy atom. The molecule has 130 valence electrons. The average Bonchev–Trinajstić information content (AvgIpc) is 2.69. The largest absolute Gasteiger partial charge is 0.229 e. The molecule has 0 aliphatic heterocycles. The Morgan fingerprint density at radius 1 is 1.00 bits per heavy atom. The van der Waals surface area contributed by atoms with E-state index in [-0.39, 0.29) is 17.1 Å². The van der Waals surface area contributed by atoms with Crippen molar-refractivity contribution < 1.29 is 8.42 Å². The van der Waals surface area contributed by atoms with Crippen molar-refractivity contribution in [3.05, 3.63) is 72.7 Å². The average molecular weight is 363 g/mol. The second-order valence-corrected chi connectivity index (χ2v) is 7.80. The molecule has 1 aromatic heterocycles. The molecule has 3 rings (SSSR count). The zero-order valence-electron chi connectivity index (χ0n) is 14.0. The molecule has 0 spiro atoms. The highest BCUT2D eigenvalue weighted by Crippen LogP contribution is 2.24. The van der Waals surface area contributed by atoms with E-state index < -0.39 is 15.8 Å². The van der Waals surface area contributed by atoms with Crippen molar-refractivity contribution in [1.82, 2.24) is 15.2 Å². The van der Waals surface area contributed by atoms with Crippen molar-refractivity contribution in [2.75, 3.05) is 5.75 Å². The van der Waals surface area contributed by atoms with Crippen molar-refractivity contribution in [2.24, 2.45) is 0 Å². The molecule has 0 saturated carbocycles. The van der Waals surface area contributed by atoms with Crippen LogP contribution >= 0.6 is 0 Å². The molecule has 0 aliphatic rings. The molecule has 0 saturated heterocycles. The molecule has 0 fully saturated rings. The van der Waals surface area contributed by atoms with Crippen molar-refractivity contribution >= 4 is 9.84 Å². The van der Waals surface area contributed by atoms with Gasteiger partial charge in [0.25, 0.3) is 0 Å². The minimum Gasteiger partial charge on any atom is -0.229 e. The van der Waals surface area contributed by atoms with Crippen molar-refractivity contribution in [2.45, 2.75) is 17.2 Å². The van der Waals surface area contributed by atoms with Gasteiger partial charge >= 0.3 is 0 Å². The van der Waals surface area contributed by atoms with Crippen molar-refractivity contribution in [3.8, 4) is 23.6 Å². The number of terminal acetylenes is 1. The first-order valence-corrected chi connectivity index (χ1v) is 9.71. The summed E-state index contributed by atoms with van der Waals surface area (Å²) in [6, 6.07) is 17.8. The Hall–Kier alpha value is -3.04. The van der Waals surface area contributed by atoms with Crippen LogP contribution in [0.15, 0.2) is 71.8 Å². The highest BCUT2D eigenvalue weighted by molar-refractivity contribution is 7.91. The van der Waals surface area contributed by atoms with Gasteiger partial charge in [0, 0.05) is 17.9 Å². The fourth-order valence-corrected chi connectivity index (χ4v) is 4.16. The Balaban J connectivity index is 1.93. The first-order valence-electron chi connectivity index (χ1n) is 8.06. The van der Waals surface area contributed by atoms with Crippen molar-refractivity contribution in [1.29, 1.82) is 0 Å². The normalized spacial score (nSPS) is 12.3. The number of aromatic nitrogens is 3. The van der Waals surface area contributed by atoms with Crippen LogP contribution in [0.2, 0.25) is 0 Å². The van der Waals surface area contributed by atoms with Gasteiger partial charge in [-0.05, 0) is 12.1 Å². The van der Waals surface area contributed by atoms with Crippen LogP contribution < -0.4 is 0 Å². The van der Waals surface area contributed by atoms with E-state index >= 15 is 0 Å². The fraction of sp³-hybridized carbons (Fsp3) is 0.150. The van der Waals surface area contributed by atoms with Crippen LogP contribution in [0.25, 0.3) is 11.3 Å². The van der Waals surface area contributed by atoms with E-state index in [2.05, 4.69) is 21.1 Å². The SMILES string of the molecule is C#CCC(CS(=O)(=O)c1ccccc1)c1nncc(-c2ccccc2)n1. The fourth-order valence-electron chi connectivity index (χ4n) is 2.59. The van der Waals surface area contributed by atoms with Crippen LogP contribution in [0, 0.1) is 12.3 Å². The van der Waals surface area contributed by atoms with Gasteiger partial charge in [-0.2, -0.15) is 5.10 Å². The molecule has 5 nitrogen and oxygen atoms in total. The van der Waals surface area contributed by atoms with Gasteiger partial charge < -0.3 is 0 Å². The van der Waals surface area contributed by atoms with Gasteiger partial charge in [-0.15, -0.1) is 17.4 Å². The van der Waals surface area contributed by atoms with E-state index in [0.29, 0.717) is 11.5 Å². The van der Waals surface area contributed by atoms with Crippen LogP contribution in [0.1, 0.15) is 18.2 Å². The van der Waals surface area contributed by atoms with Crippen LogP contribution in [-0.2, 0) is 9.84 Å². The van der Waals surface area contributed by atoms with Crippen LogP contribution in [0.3, 0.4) is 0 Å². The Bertz CT molecular complexity index is 1010. The lowest BCUT2D eigenvalue weighted by atomic mass is 10.1. The first kappa shape index (κ1) is 17.8. The van der Waals surface area contributed by atoms with E-state index in [1.807, 2.05) is 30.3 Å². The van der Waals surface area contributed by atoms with Crippen LogP contribution in [0.4, 0.5) is 0 Å². The van der Waals surface area contributed by atoms with Crippen LogP contribution in [0.5, 0.6) is 0 Å². The molecule has 6 heteroatoms. The third kappa shape index (κ3) is 4.13. The zero-order valence-corrected chi connectivity index (χ0v) is 14.8. The molecule has 0 amide bonds. The van der Waals surface area contributed by atoms with E-state index in [0.717, 1.165) is 5.56 Å². The minimum absolute atomic E-state index is 0.166. The first-order chi connectivity index (χ1) is 12.6. The predicted molar refractivity (Wildman–Crippen MR) is 99.9 cm³/mol. The Morgan fingerprint density at radius 2 is 1.65 bits per heavy atom. The summed E-state index contributed by atoms with van der Waals surface area (Å²) in [5.74, 6) is 2.17. The minimum atomic E-state index is -3.51. The molecular formula is C20H17N3O2S. The van der Waals surface area contributed by atoms with E-state index in [9.17, 15) is 8.42 Å². The Labute approximate surface area is 153 Å². The van der Waals surface area contributed by atoms with Gasteiger partial charge in [0.1, 0.15) is 0 Å². The predicted octanol–water partition coefficient (Wildman–Crippen LogP) is 3.12.